The number of nitrogens with zero attached hydrogens (tertiary/aromatic N) is 3. The van der Waals surface area contributed by atoms with Crippen LogP contribution in [0.5, 0.6) is 0 Å². The lowest BCUT2D eigenvalue weighted by Crippen LogP contribution is -2.14. The second-order valence-corrected chi connectivity index (χ2v) is 3.67. The fourth-order valence-corrected chi connectivity index (χ4v) is 1.44. The Balaban J connectivity index is 2.17. The average Bonchev–Trinajstić information content (AvgIpc) is 2.40. The van der Waals surface area contributed by atoms with Crippen molar-refractivity contribution in [2.45, 2.75) is 6.92 Å². The van der Waals surface area contributed by atoms with Crippen LogP contribution in [-0.2, 0) is 0 Å². The average molecular weight is 238 g/mol. The van der Waals surface area contributed by atoms with E-state index in [9.17, 15) is 4.79 Å². The summed E-state index contributed by atoms with van der Waals surface area (Å²) in [4.78, 5) is 19.7. The summed E-state index contributed by atoms with van der Waals surface area (Å²) in [7, 11) is 0. The van der Waals surface area contributed by atoms with E-state index in [-0.39, 0.29) is 5.91 Å². The van der Waals surface area contributed by atoms with Crippen LogP contribution in [0.1, 0.15) is 21.6 Å². The summed E-state index contributed by atoms with van der Waals surface area (Å²) in [6.45, 7) is 1.75. The molecule has 1 aromatic heterocycles. The van der Waals surface area contributed by atoms with E-state index in [0.29, 0.717) is 22.5 Å². The minimum absolute atomic E-state index is 0.266. The smallest absolute Gasteiger partial charge is 0.259 e. The number of rotatable bonds is 2. The first-order chi connectivity index (χ1) is 8.70. The molecule has 18 heavy (non-hydrogen) atoms. The molecule has 0 saturated heterocycles. The van der Waals surface area contributed by atoms with Crippen LogP contribution in [0.4, 0.5) is 5.69 Å². The number of benzene rings is 1. The van der Waals surface area contributed by atoms with Gasteiger partial charge < -0.3 is 5.32 Å². The van der Waals surface area contributed by atoms with E-state index in [4.69, 9.17) is 5.26 Å². The Morgan fingerprint density at radius 1 is 1.33 bits per heavy atom. The number of hydrogen-bond donors (Lipinski definition) is 1. The Bertz CT molecular complexity index is 614. The molecule has 0 bridgehead atoms. The summed E-state index contributed by atoms with van der Waals surface area (Å²) in [5.41, 5.74) is 2.23. The minimum atomic E-state index is -0.266. The van der Waals surface area contributed by atoms with E-state index in [1.54, 1.807) is 31.2 Å². The fourth-order valence-electron chi connectivity index (χ4n) is 1.44. The second kappa shape index (κ2) is 5.06. The summed E-state index contributed by atoms with van der Waals surface area (Å²) >= 11 is 0. The number of aromatic nitrogens is 2. The predicted octanol–water partition coefficient (Wildman–Crippen LogP) is 1.91. The molecule has 0 spiro atoms. The number of nitriles is 1. The van der Waals surface area contributed by atoms with Gasteiger partial charge in [0.05, 0.1) is 22.9 Å². The van der Waals surface area contributed by atoms with Gasteiger partial charge in [0.15, 0.2) is 0 Å². The van der Waals surface area contributed by atoms with Gasteiger partial charge in [-0.2, -0.15) is 5.26 Å². The topological polar surface area (TPSA) is 78.7 Å². The minimum Gasteiger partial charge on any atom is -0.322 e. The van der Waals surface area contributed by atoms with Crippen LogP contribution < -0.4 is 5.32 Å². The lowest BCUT2D eigenvalue weighted by molar-refractivity contribution is 0.102. The van der Waals surface area contributed by atoms with Crippen molar-refractivity contribution in [1.29, 1.82) is 5.26 Å². The maximum Gasteiger partial charge on any atom is 0.259 e. The first kappa shape index (κ1) is 11.7. The Morgan fingerprint density at radius 2 is 2.06 bits per heavy atom. The van der Waals surface area contributed by atoms with Gasteiger partial charge in [-0.25, -0.2) is 9.97 Å². The molecule has 0 aliphatic carbocycles. The number of carbonyl (C=O) groups excluding carboxylic acids is 1. The number of nitrogens with one attached hydrogen (secondary N) is 1. The SMILES string of the molecule is Cc1ncncc1C(=O)Nc1ccc(C#N)cc1. The number of hydrogen-bond acceptors (Lipinski definition) is 4. The van der Waals surface area contributed by atoms with Crippen molar-refractivity contribution < 1.29 is 4.79 Å². The molecule has 1 N–H and O–H groups in total. The number of anilines is 1. The summed E-state index contributed by atoms with van der Waals surface area (Å²) in [6, 6.07) is 8.65. The van der Waals surface area contributed by atoms with Gasteiger partial charge in [0.25, 0.3) is 5.91 Å². The number of amides is 1. The molecule has 2 aromatic rings. The Morgan fingerprint density at radius 3 is 2.67 bits per heavy atom. The molecule has 1 heterocycles. The molecule has 1 aromatic carbocycles. The Kier molecular flexibility index (Phi) is 3.30. The first-order valence-corrected chi connectivity index (χ1v) is 5.29. The lowest BCUT2D eigenvalue weighted by Gasteiger charge is -2.06. The van der Waals surface area contributed by atoms with Crippen LogP contribution in [0.25, 0.3) is 0 Å². The molecule has 0 fully saturated rings. The van der Waals surface area contributed by atoms with Gasteiger partial charge >= 0.3 is 0 Å². The highest BCUT2D eigenvalue weighted by Gasteiger charge is 2.09. The zero-order valence-corrected chi connectivity index (χ0v) is 9.71. The molecule has 88 valence electrons. The van der Waals surface area contributed by atoms with E-state index < -0.39 is 0 Å². The standard InChI is InChI=1S/C13H10N4O/c1-9-12(7-15-8-16-9)13(18)17-11-4-2-10(6-14)3-5-11/h2-5,7-8H,1H3,(H,17,18). The van der Waals surface area contributed by atoms with Gasteiger partial charge in [0.1, 0.15) is 6.33 Å². The third kappa shape index (κ3) is 2.50. The van der Waals surface area contributed by atoms with Gasteiger partial charge in [-0.3, -0.25) is 4.79 Å². The van der Waals surface area contributed by atoms with Gasteiger partial charge in [0.2, 0.25) is 0 Å². The number of aryl methyl sites for hydroxylation is 1. The van der Waals surface area contributed by atoms with Crippen molar-refractivity contribution in [3.05, 3.63) is 53.6 Å². The van der Waals surface area contributed by atoms with Crippen molar-refractivity contribution in [3.63, 3.8) is 0 Å². The third-order valence-corrected chi connectivity index (χ3v) is 2.43. The number of carbonyl (C=O) groups is 1. The first-order valence-electron chi connectivity index (χ1n) is 5.29. The summed E-state index contributed by atoms with van der Waals surface area (Å²) in [6.07, 6.45) is 2.87. The van der Waals surface area contributed by atoms with Crippen LogP contribution in [0.2, 0.25) is 0 Å². The van der Waals surface area contributed by atoms with Gasteiger partial charge in [-0.05, 0) is 31.2 Å². The van der Waals surface area contributed by atoms with Gasteiger partial charge in [-0.15, -0.1) is 0 Å². The largest absolute Gasteiger partial charge is 0.322 e. The molecule has 5 nitrogen and oxygen atoms in total. The zero-order valence-electron chi connectivity index (χ0n) is 9.71. The van der Waals surface area contributed by atoms with Crippen molar-refractivity contribution in [3.8, 4) is 6.07 Å². The van der Waals surface area contributed by atoms with E-state index >= 15 is 0 Å². The van der Waals surface area contributed by atoms with E-state index in [1.807, 2.05) is 6.07 Å². The maximum atomic E-state index is 11.9. The van der Waals surface area contributed by atoms with Crippen LogP contribution in [0, 0.1) is 18.3 Å². The zero-order chi connectivity index (χ0) is 13.0. The molecule has 0 aliphatic heterocycles. The lowest BCUT2D eigenvalue weighted by atomic mass is 10.2. The molecule has 0 atom stereocenters. The summed E-state index contributed by atoms with van der Waals surface area (Å²) < 4.78 is 0. The molecule has 0 saturated carbocycles. The molecule has 2 rings (SSSR count). The van der Waals surface area contributed by atoms with E-state index in [2.05, 4.69) is 15.3 Å². The van der Waals surface area contributed by atoms with E-state index in [1.165, 1.54) is 12.5 Å². The van der Waals surface area contributed by atoms with Gasteiger partial charge in [-0.1, -0.05) is 0 Å². The molecule has 1 amide bonds. The third-order valence-electron chi connectivity index (χ3n) is 2.43. The van der Waals surface area contributed by atoms with Crippen molar-refractivity contribution in [2.75, 3.05) is 5.32 Å². The summed E-state index contributed by atoms with van der Waals surface area (Å²) in [5, 5.41) is 11.4. The normalized spacial score (nSPS) is 9.56. The van der Waals surface area contributed by atoms with Crippen molar-refractivity contribution in [1.82, 2.24) is 9.97 Å². The highest BCUT2D eigenvalue weighted by atomic mass is 16.1. The molecule has 0 aliphatic rings. The quantitative estimate of drug-likeness (QED) is 0.866. The fraction of sp³-hybridized carbons (Fsp3) is 0.0769. The van der Waals surface area contributed by atoms with Crippen molar-refractivity contribution >= 4 is 11.6 Å². The molecular formula is C13H10N4O. The van der Waals surface area contributed by atoms with Gasteiger partial charge in [0, 0.05) is 11.9 Å². The predicted molar refractivity (Wildman–Crippen MR) is 65.9 cm³/mol. The summed E-state index contributed by atoms with van der Waals surface area (Å²) in [5.74, 6) is -0.266. The monoisotopic (exact) mass is 238 g/mol. The van der Waals surface area contributed by atoms with Crippen LogP contribution in [-0.4, -0.2) is 15.9 Å². The Labute approximate surface area is 104 Å². The van der Waals surface area contributed by atoms with Crippen LogP contribution in [0.15, 0.2) is 36.8 Å². The van der Waals surface area contributed by atoms with Crippen LogP contribution in [0.3, 0.4) is 0 Å². The molecule has 0 unspecified atom stereocenters. The second-order valence-electron chi connectivity index (χ2n) is 3.67. The highest BCUT2D eigenvalue weighted by Crippen LogP contribution is 2.11. The van der Waals surface area contributed by atoms with Crippen molar-refractivity contribution in [2.24, 2.45) is 0 Å². The molecule has 5 heteroatoms. The Hall–Kier alpha value is -2.74. The highest BCUT2D eigenvalue weighted by molar-refractivity contribution is 6.04. The van der Waals surface area contributed by atoms with Crippen LogP contribution >= 0.6 is 0 Å². The molecule has 0 radical (unpaired) electrons. The molecular weight excluding hydrogens is 228 g/mol. The van der Waals surface area contributed by atoms with E-state index in [0.717, 1.165) is 0 Å². The maximum absolute atomic E-state index is 11.9.